The average molecular weight is 537 g/mol. The minimum Gasteiger partial charge on any atom is -0.332 e. The van der Waals surface area contributed by atoms with E-state index in [0.29, 0.717) is 23.0 Å². The molecule has 0 atom stereocenters. The number of carbonyl (C=O) groups is 2. The first-order chi connectivity index (χ1) is 18.0. The molecule has 4 N–H and O–H groups in total. The number of hydrogen-bond donors (Lipinski definition) is 3. The van der Waals surface area contributed by atoms with Gasteiger partial charge in [-0.3, -0.25) is 14.9 Å². The average Bonchev–Trinajstić information content (AvgIpc) is 2.89. The van der Waals surface area contributed by atoms with E-state index in [1.165, 1.54) is 0 Å². The van der Waals surface area contributed by atoms with Crippen molar-refractivity contribution in [1.29, 1.82) is 5.53 Å². The molecular weight excluding hydrogens is 500 g/mol. The Labute approximate surface area is 229 Å². The first-order valence-electron chi connectivity index (χ1n) is 12.8. The van der Waals surface area contributed by atoms with Crippen molar-refractivity contribution in [3.05, 3.63) is 75.8 Å². The van der Waals surface area contributed by atoms with Crippen LogP contribution in [0.3, 0.4) is 0 Å². The van der Waals surface area contributed by atoms with Gasteiger partial charge in [0.1, 0.15) is 0 Å². The topological polar surface area (TPSA) is 124 Å². The van der Waals surface area contributed by atoms with Crippen molar-refractivity contribution in [2.45, 2.75) is 66.0 Å². The van der Waals surface area contributed by atoms with Crippen LogP contribution in [0.5, 0.6) is 0 Å². The molecule has 0 aromatic heterocycles. The molecule has 0 spiro atoms. The molecule has 1 fully saturated rings. The maximum absolute atomic E-state index is 13.6. The van der Waals surface area contributed by atoms with Gasteiger partial charge in [0.15, 0.2) is 0 Å². The molecule has 0 aliphatic heterocycles. The predicted octanol–water partition coefficient (Wildman–Crippen LogP) is 6.29. The van der Waals surface area contributed by atoms with E-state index in [1.807, 2.05) is 42.2 Å². The summed E-state index contributed by atoms with van der Waals surface area (Å²) in [5.74, 6) is 4.93. The lowest BCUT2D eigenvalue weighted by molar-refractivity contribution is -0.130. The molecule has 0 unspecified atom stereocenters. The number of aryl methyl sites for hydroxylation is 1. The van der Waals surface area contributed by atoms with Crippen LogP contribution in [0.15, 0.2) is 58.8 Å². The first kappa shape index (κ1) is 29.0. The fourth-order valence-corrected chi connectivity index (χ4v) is 5.25. The lowest BCUT2D eigenvalue weighted by Crippen LogP contribution is -2.42. The summed E-state index contributed by atoms with van der Waals surface area (Å²) < 4.78 is 0. The molecule has 0 bridgehead atoms. The van der Waals surface area contributed by atoms with Crippen LogP contribution in [0.25, 0.3) is 6.08 Å². The Balaban J connectivity index is 1.81. The van der Waals surface area contributed by atoms with Gasteiger partial charge in [-0.05, 0) is 84.9 Å². The largest absolute Gasteiger partial charge is 0.332 e. The van der Waals surface area contributed by atoms with E-state index in [4.69, 9.17) is 23.0 Å². The molecule has 202 valence electrons. The Hall–Kier alpha value is -3.52. The molecule has 1 aliphatic carbocycles. The molecular formula is C29H37ClN6O2. The zero-order chi connectivity index (χ0) is 27.9. The summed E-state index contributed by atoms with van der Waals surface area (Å²) in [6.45, 7) is 9.25. The number of hydrogen-bond acceptors (Lipinski definition) is 5. The fourth-order valence-electron chi connectivity index (χ4n) is 4.97. The maximum Gasteiger partial charge on any atom is 0.265 e. The third-order valence-corrected chi connectivity index (χ3v) is 7.66. The van der Waals surface area contributed by atoms with Gasteiger partial charge in [-0.15, -0.1) is 10.2 Å². The van der Waals surface area contributed by atoms with Crippen LogP contribution in [-0.2, 0) is 11.3 Å². The molecule has 2 aromatic carbocycles. The summed E-state index contributed by atoms with van der Waals surface area (Å²) in [5, 5.41) is 9.28. The van der Waals surface area contributed by atoms with Crippen molar-refractivity contribution >= 4 is 35.5 Å². The van der Waals surface area contributed by atoms with Gasteiger partial charge >= 0.3 is 0 Å². The minimum absolute atomic E-state index is 0.0637. The number of benzene rings is 2. The maximum atomic E-state index is 13.6. The van der Waals surface area contributed by atoms with E-state index in [0.717, 1.165) is 42.4 Å². The second kappa shape index (κ2) is 12.8. The van der Waals surface area contributed by atoms with Gasteiger partial charge in [-0.2, -0.15) is 0 Å². The molecule has 3 rings (SSSR count). The van der Waals surface area contributed by atoms with Gasteiger partial charge in [-0.1, -0.05) is 56.6 Å². The van der Waals surface area contributed by atoms with E-state index in [-0.39, 0.29) is 23.3 Å². The number of halogens is 1. The second-order valence-electron chi connectivity index (χ2n) is 10.9. The van der Waals surface area contributed by atoms with Gasteiger partial charge in [0.05, 0.1) is 0 Å². The zero-order valence-electron chi connectivity index (χ0n) is 22.5. The van der Waals surface area contributed by atoms with Gasteiger partial charge in [-0.25, -0.2) is 5.53 Å². The number of hydrazone groups is 1. The van der Waals surface area contributed by atoms with Gasteiger partial charge in [0.2, 0.25) is 5.91 Å². The molecule has 1 saturated carbocycles. The fraction of sp³-hybridized carbons (Fsp3) is 0.414. The van der Waals surface area contributed by atoms with Crippen molar-refractivity contribution < 1.29 is 9.59 Å². The molecule has 8 nitrogen and oxygen atoms in total. The Morgan fingerprint density at radius 1 is 1.13 bits per heavy atom. The molecule has 0 radical (unpaired) electrons. The summed E-state index contributed by atoms with van der Waals surface area (Å²) in [4.78, 5) is 27.9. The molecule has 9 heteroatoms. The SMILES string of the molecule is Cc1cccc(Cl)c1/C=C/C(=O)N(Cc1ccc(C(=O)N/C(N=N)=N/N)cc1)C1CCC(C(C)(C)C)CC1. The summed E-state index contributed by atoms with van der Waals surface area (Å²) in [6.07, 6.45) is 7.47. The molecule has 38 heavy (non-hydrogen) atoms. The number of nitrogens with two attached hydrogens (primary N) is 1. The van der Waals surface area contributed by atoms with E-state index in [9.17, 15) is 9.59 Å². The van der Waals surface area contributed by atoms with Crippen LogP contribution in [0.2, 0.25) is 5.02 Å². The summed E-state index contributed by atoms with van der Waals surface area (Å²) in [5.41, 5.74) is 10.4. The lowest BCUT2D eigenvalue weighted by Gasteiger charge is -2.41. The molecule has 2 amide bonds. The van der Waals surface area contributed by atoms with Crippen molar-refractivity contribution in [3.63, 3.8) is 0 Å². The summed E-state index contributed by atoms with van der Waals surface area (Å²) in [6, 6.07) is 12.8. The van der Waals surface area contributed by atoms with Crippen LogP contribution in [0.4, 0.5) is 0 Å². The van der Waals surface area contributed by atoms with Crippen molar-refractivity contribution in [2.24, 2.45) is 27.4 Å². The minimum atomic E-state index is -0.469. The highest BCUT2D eigenvalue weighted by Crippen LogP contribution is 2.39. The highest BCUT2D eigenvalue weighted by molar-refractivity contribution is 6.32. The number of amides is 2. The van der Waals surface area contributed by atoms with Gasteiger partial charge in [0.25, 0.3) is 11.9 Å². The number of nitrogens with one attached hydrogen (secondary N) is 2. The number of guanidine groups is 1. The lowest BCUT2D eigenvalue weighted by atomic mass is 9.71. The highest BCUT2D eigenvalue weighted by atomic mass is 35.5. The Morgan fingerprint density at radius 3 is 2.34 bits per heavy atom. The Morgan fingerprint density at radius 2 is 1.79 bits per heavy atom. The Kier molecular flexibility index (Phi) is 9.80. The van der Waals surface area contributed by atoms with Crippen molar-refractivity contribution in [3.8, 4) is 0 Å². The third kappa shape index (κ3) is 7.51. The zero-order valence-corrected chi connectivity index (χ0v) is 23.3. The van der Waals surface area contributed by atoms with E-state index >= 15 is 0 Å². The standard InChI is InChI=1S/C29H37ClN6O2/c1-19-6-5-7-25(30)24(19)16-17-26(37)36(23-14-12-22(13-15-23)29(2,3)4)18-20-8-10-21(11-9-20)27(38)33-28(34-31)35-32/h5-11,16-17,22-23,31H,12-15,18,32H2,1-4H3,(H,33,35,38)/b17-16+,34-31?. The van der Waals surface area contributed by atoms with Crippen molar-refractivity contribution in [1.82, 2.24) is 10.2 Å². The molecule has 0 saturated heterocycles. The number of nitrogens with zero attached hydrogens (tertiary/aromatic N) is 3. The summed E-state index contributed by atoms with van der Waals surface area (Å²) in [7, 11) is 0. The third-order valence-electron chi connectivity index (χ3n) is 7.33. The summed E-state index contributed by atoms with van der Waals surface area (Å²) >= 11 is 6.38. The molecule has 1 aliphatic rings. The van der Waals surface area contributed by atoms with Crippen LogP contribution in [0, 0.1) is 23.8 Å². The Bertz CT molecular complexity index is 1190. The molecule has 2 aromatic rings. The quantitative estimate of drug-likeness (QED) is 0.100. The van der Waals surface area contributed by atoms with Crippen LogP contribution >= 0.6 is 11.6 Å². The molecule has 0 heterocycles. The van der Waals surface area contributed by atoms with Crippen LogP contribution in [0.1, 0.15) is 73.5 Å². The number of carbonyl (C=O) groups excluding carboxylic acids is 2. The van der Waals surface area contributed by atoms with Gasteiger partial charge < -0.3 is 10.7 Å². The smallest absolute Gasteiger partial charge is 0.265 e. The van der Waals surface area contributed by atoms with E-state index in [2.05, 4.69) is 36.3 Å². The predicted molar refractivity (Wildman–Crippen MR) is 152 cm³/mol. The van der Waals surface area contributed by atoms with Gasteiger partial charge in [0, 0.05) is 29.2 Å². The number of rotatable bonds is 6. The van der Waals surface area contributed by atoms with E-state index < -0.39 is 5.91 Å². The highest BCUT2D eigenvalue weighted by Gasteiger charge is 2.33. The normalized spacial score (nSPS) is 18.3. The van der Waals surface area contributed by atoms with Crippen LogP contribution < -0.4 is 11.2 Å². The van der Waals surface area contributed by atoms with Crippen LogP contribution in [-0.4, -0.2) is 28.7 Å². The first-order valence-corrected chi connectivity index (χ1v) is 13.2. The van der Waals surface area contributed by atoms with E-state index in [1.54, 1.807) is 24.3 Å². The second-order valence-corrected chi connectivity index (χ2v) is 11.3. The monoisotopic (exact) mass is 536 g/mol. The van der Waals surface area contributed by atoms with Crippen molar-refractivity contribution in [2.75, 3.05) is 0 Å².